The minimum Gasteiger partial charge on any atom is -0.334 e. The molecule has 0 fully saturated rings. The Morgan fingerprint density at radius 2 is 1.83 bits per heavy atom. The van der Waals surface area contributed by atoms with Gasteiger partial charge < -0.3 is 10.6 Å². The third-order valence-corrected chi connectivity index (χ3v) is 2.61. The molecule has 0 saturated heterocycles. The molecule has 3 nitrogen and oxygen atoms in total. The summed E-state index contributed by atoms with van der Waals surface area (Å²) in [4.78, 5) is 11.6. The molecule has 0 heterocycles. The Morgan fingerprint density at radius 1 is 1.06 bits per heavy atom. The lowest BCUT2D eigenvalue weighted by molar-refractivity contribution is 0.251. The van der Waals surface area contributed by atoms with Gasteiger partial charge in [-0.15, -0.1) is 0 Å². The Balaban J connectivity index is 1.85. The van der Waals surface area contributed by atoms with Gasteiger partial charge in [-0.05, 0) is 29.8 Å². The summed E-state index contributed by atoms with van der Waals surface area (Å²) in [5, 5.41) is 6.17. The number of benzene rings is 2. The summed E-state index contributed by atoms with van der Waals surface area (Å²) in [6.45, 7) is 0.444. The lowest BCUT2D eigenvalue weighted by Crippen LogP contribution is -2.28. The monoisotopic (exact) mass is 260 g/mol. The van der Waals surface area contributed by atoms with Crippen molar-refractivity contribution in [1.29, 1.82) is 0 Å². The zero-order valence-electron chi connectivity index (χ0n) is 9.69. The predicted molar refractivity (Wildman–Crippen MR) is 73.8 cm³/mol. The van der Waals surface area contributed by atoms with Gasteiger partial charge in [0.05, 0.1) is 0 Å². The molecule has 92 valence electrons. The number of urea groups is 1. The number of carbonyl (C=O) groups excluding carboxylic acids is 1. The molecule has 0 aliphatic rings. The van der Waals surface area contributed by atoms with Crippen molar-refractivity contribution in [2.45, 2.75) is 6.54 Å². The van der Waals surface area contributed by atoms with Crippen molar-refractivity contribution >= 4 is 23.3 Å². The van der Waals surface area contributed by atoms with Crippen LogP contribution in [0.1, 0.15) is 5.56 Å². The third kappa shape index (κ3) is 3.79. The molecule has 2 aromatic rings. The SMILES string of the molecule is O=C(NCc1cccc(Cl)c1)Nc1ccccc1. The zero-order chi connectivity index (χ0) is 12.8. The molecule has 2 N–H and O–H groups in total. The van der Waals surface area contributed by atoms with Crippen molar-refractivity contribution in [2.24, 2.45) is 0 Å². The normalized spacial score (nSPS) is 9.83. The summed E-state index contributed by atoms with van der Waals surface area (Å²) in [5.74, 6) is 0. The first-order valence-electron chi connectivity index (χ1n) is 5.58. The van der Waals surface area contributed by atoms with E-state index in [1.54, 1.807) is 6.07 Å². The van der Waals surface area contributed by atoms with Crippen LogP contribution >= 0.6 is 11.6 Å². The van der Waals surface area contributed by atoms with Crippen molar-refractivity contribution in [2.75, 3.05) is 5.32 Å². The van der Waals surface area contributed by atoms with Crippen LogP contribution in [-0.4, -0.2) is 6.03 Å². The van der Waals surface area contributed by atoms with Gasteiger partial charge in [-0.25, -0.2) is 4.79 Å². The van der Waals surface area contributed by atoms with Gasteiger partial charge in [0.25, 0.3) is 0 Å². The maximum Gasteiger partial charge on any atom is 0.319 e. The third-order valence-electron chi connectivity index (χ3n) is 2.37. The van der Waals surface area contributed by atoms with Crippen molar-refractivity contribution in [3.8, 4) is 0 Å². The number of hydrogen-bond donors (Lipinski definition) is 2. The van der Waals surface area contributed by atoms with Crippen LogP contribution in [0.3, 0.4) is 0 Å². The van der Waals surface area contributed by atoms with E-state index in [0.29, 0.717) is 11.6 Å². The molecule has 18 heavy (non-hydrogen) atoms. The smallest absolute Gasteiger partial charge is 0.319 e. The number of anilines is 1. The summed E-state index contributed by atoms with van der Waals surface area (Å²) < 4.78 is 0. The first kappa shape index (κ1) is 12.5. The number of halogens is 1. The quantitative estimate of drug-likeness (QED) is 0.869. The number of nitrogens with one attached hydrogen (secondary N) is 2. The van der Waals surface area contributed by atoms with Crippen LogP contribution in [0.15, 0.2) is 54.6 Å². The van der Waals surface area contributed by atoms with Crippen LogP contribution < -0.4 is 10.6 Å². The second kappa shape index (κ2) is 6.07. The average Bonchev–Trinajstić information content (AvgIpc) is 2.38. The summed E-state index contributed by atoms with van der Waals surface area (Å²) in [6.07, 6.45) is 0. The summed E-state index contributed by atoms with van der Waals surface area (Å²) in [6, 6.07) is 16.5. The molecule has 0 saturated carbocycles. The molecule has 2 rings (SSSR count). The van der Waals surface area contributed by atoms with Crippen molar-refractivity contribution in [3.05, 3.63) is 65.2 Å². The fourth-order valence-corrected chi connectivity index (χ4v) is 1.74. The zero-order valence-corrected chi connectivity index (χ0v) is 10.4. The molecule has 0 aromatic heterocycles. The molecule has 0 atom stereocenters. The Morgan fingerprint density at radius 3 is 2.56 bits per heavy atom. The molecular weight excluding hydrogens is 248 g/mol. The van der Waals surface area contributed by atoms with Crippen LogP contribution in [0.4, 0.5) is 10.5 Å². The van der Waals surface area contributed by atoms with Gasteiger partial charge in [-0.3, -0.25) is 0 Å². The van der Waals surface area contributed by atoms with E-state index in [-0.39, 0.29) is 6.03 Å². The Hall–Kier alpha value is -2.00. The second-order valence-corrected chi connectivity index (χ2v) is 4.24. The van der Waals surface area contributed by atoms with Crippen molar-refractivity contribution in [3.63, 3.8) is 0 Å². The van der Waals surface area contributed by atoms with Gasteiger partial charge in [0.1, 0.15) is 0 Å². The number of carbonyl (C=O) groups is 1. The minimum absolute atomic E-state index is 0.235. The number of hydrogen-bond acceptors (Lipinski definition) is 1. The molecule has 4 heteroatoms. The maximum absolute atomic E-state index is 11.6. The summed E-state index contributed by atoms with van der Waals surface area (Å²) in [5.41, 5.74) is 1.73. The molecule has 2 amide bonds. The predicted octanol–water partition coefficient (Wildman–Crippen LogP) is 3.66. The van der Waals surface area contributed by atoms with Gasteiger partial charge >= 0.3 is 6.03 Å². The van der Waals surface area contributed by atoms with Gasteiger partial charge in [0.2, 0.25) is 0 Å². The highest BCUT2D eigenvalue weighted by Crippen LogP contribution is 2.10. The van der Waals surface area contributed by atoms with E-state index in [1.807, 2.05) is 48.5 Å². The molecule has 0 unspecified atom stereocenters. The van der Waals surface area contributed by atoms with Crippen LogP contribution in [0.25, 0.3) is 0 Å². The fraction of sp³-hybridized carbons (Fsp3) is 0.0714. The lowest BCUT2D eigenvalue weighted by Gasteiger charge is -2.07. The topological polar surface area (TPSA) is 41.1 Å². The molecule has 0 spiro atoms. The van der Waals surface area contributed by atoms with E-state index in [4.69, 9.17) is 11.6 Å². The standard InChI is InChI=1S/C14H13ClN2O/c15-12-6-4-5-11(9-12)10-16-14(18)17-13-7-2-1-3-8-13/h1-9H,10H2,(H2,16,17,18). The highest BCUT2D eigenvalue weighted by molar-refractivity contribution is 6.30. The summed E-state index contributed by atoms with van der Waals surface area (Å²) in [7, 11) is 0. The van der Waals surface area contributed by atoms with Gasteiger partial charge in [0, 0.05) is 17.3 Å². The van der Waals surface area contributed by atoms with Crippen LogP contribution in [-0.2, 0) is 6.54 Å². The van der Waals surface area contributed by atoms with E-state index in [0.717, 1.165) is 11.3 Å². The van der Waals surface area contributed by atoms with E-state index in [1.165, 1.54) is 0 Å². The van der Waals surface area contributed by atoms with Crippen LogP contribution in [0.2, 0.25) is 5.02 Å². The van der Waals surface area contributed by atoms with Crippen molar-refractivity contribution in [1.82, 2.24) is 5.32 Å². The summed E-state index contributed by atoms with van der Waals surface area (Å²) >= 11 is 5.86. The minimum atomic E-state index is -0.235. The molecular formula is C14H13ClN2O. The Bertz CT molecular complexity index is 528. The first-order chi connectivity index (χ1) is 8.74. The Kier molecular flexibility index (Phi) is 4.20. The van der Waals surface area contributed by atoms with Gasteiger partial charge in [-0.2, -0.15) is 0 Å². The highest BCUT2D eigenvalue weighted by Gasteiger charge is 2.01. The second-order valence-electron chi connectivity index (χ2n) is 3.80. The Labute approximate surface area is 111 Å². The largest absolute Gasteiger partial charge is 0.334 e. The van der Waals surface area contributed by atoms with Crippen LogP contribution in [0.5, 0.6) is 0 Å². The molecule has 2 aromatic carbocycles. The van der Waals surface area contributed by atoms with Gasteiger partial charge in [-0.1, -0.05) is 41.9 Å². The van der Waals surface area contributed by atoms with Crippen molar-refractivity contribution < 1.29 is 4.79 Å². The molecule has 0 bridgehead atoms. The van der Waals surface area contributed by atoms with Crippen LogP contribution in [0, 0.1) is 0 Å². The number of amides is 2. The first-order valence-corrected chi connectivity index (χ1v) is 5.96. The number of para-hydroxylation sites is 1. The lowest BCUT2D eigenvalue weighted by atomic mass is 10.2. The number of rotatable bonds is 3. The molecule has 0 aliphatic carbocycles. The van der Waals surface area contributed by atoms with E-state index >= 15 is 0 Å². The van der Waals surface area contributed by atoms with E-state index in [9.17, 15) is 4.79 Å². The molecule has 0 aliphatic heterocycles. The van der Waals surface area contributed by atoms with E-state index < -0.39 is 0 Å². The highest BCUT2D eigenvalue weighted by atomic mass is 35.5. The fourth-order valence-electron chi connectivity index (χ4n) is 1.53. The van der Waals surface area contributed by atoms with E-state index in [2.05, 4.69) is 10.6 Å². The maximum atomic E-state index is 11.6. The average molecular weight is 261 g/mol. The molecule has 0 radical (unpaired) electrons. The van der Waals surface area contributed by atoms with Gasteiger partial charge in [0.15, 0.2) is 0 Å².